The molecule has 1 aliphatic rings. The molecule has 2 aromatic carbocycles. The molecule has 41 heavy (non-hydrogen) atoms. The Kier molecular flexibility index (Phi) is 8.31. The lowest BCUT2D eigenvalue weighted by Crippen LogP contribution is -2.46. The molecule has 0 fully saturated rings. The molecule has 0 aliphatic heterocycles. The summed E-state index contributed by atoms with van der Waals surface area (Å²) in [7, 11) is 0. The number of aromatic nitrogens is 4. The summed E-state index contributed by atoms with van der Waals surface area (Å²) in [4.78, 5) is 22.5. The molecule has 8 nitrogen and oxygen atoms in total. The maximum atomic E-state index is 12.9. The van der Waals surface area contributed by atoms with E-state index in [1.54, 1.807) is 24.4 Å². The van der Waals surface area contributed by atoms with E-state index in [1.165, 1.54) is 11.7 Å². The number of anilines is 1. The van der Waals surface area contributed by atoms with Crippen LogP contribution in [0.4, 0.5) is 10.7 Å². The van der Waals surface area contributed by atoms with Crippen molar-refractivity contribution in [1.82, 2.24) is 29.3 Å². The van der Waals surface area contributed by atoms with Crippen LogP contribution in [0.5, 0.6) is 0 Å². The van der Waals surface area contributed by atoms with Crippen molar-refractivity contribution >= 4 is 69.6 Å². The Morgan fingerprint density at radius 1 is 1.10 bits per heavy atom. The molecule has 0 saturated heterocycles. The van der Waals surface area contributed by atoms with E-state index in [1.807, 2.05) is 51.1 Å². The summed E-state index contributed by atoms with van der Waals surface area (Å²) in [5, 5.41) is 10.4. The fraction of sp³-hybridized carbons (Fsp3) is 0.300. The molecule has 11 heteroatoms. The summed E-state index contributed by atoms with van der Waals surface area (Å²) in [5.74, 6) is 0.570. The first-order valence-electron chi connectivity index (χ1n) is 13.3. The summed E-state index contributed by atoms with van der Waals surface area (Å²) in [6, 6.07) is 11.0. The lowest BCUT2D eigenvalue weighted by Gasteiger charge is -2.25. The molecular formula is C30H31Cl2N7OS. The number of carbonyl (C=O) groups is 1. The van der Waals surface area contributed by atoms with Crippen LogP contribution < -0.4 is 16.0 Å². The van der Waals surface area contributed by atoms with E-state index in [4.69, 9.17) is 28.2 Å². The van der Waals surface area contributed by atoms with Gasteiger partial charge in [-0.3, -0.25) is 0 Å². The Morgan fingerprint density at radius 3 is 2.56 bits per heavy atom. The van der Waals surface area contributed by atoms with Gasteiger partial charge in [-0.25, -0.2) is 14.8 Å². The second-order valence-corrected chi connectivity index (χ2v) is 12.5. The second-order valence-electron chi connectivity index (χ2n) is 11.2. The molecule has 1 aliphatic carbocycles. The van der Waals surface area contributed by atoms with Gasteiger partial charge in [0.2, 0.25) is 5.95 Å². The molecule has 0 radical (unpaired) electrons. The highest BCUT2D eigenvalue weighted by Crippen LogP contribution is 2.39. The van der Waals surface area contributed by atoms with Crippen LogP contribution in [0.25, 0.3) is 22.7 Å². The summed E-state index contributed by atoms with van der Waals surface area (Å²) < 4.78 is 8.64. The predicted molar refractivity (Wildman–Crippen MR) is 168 cm³/mol. The van der Waals surface area contributed by atoms with Gasteiger partial charge in [-0.05, 0) is 70.0 Å². The van der Waals surface area contributed by atoms with Crippen LogP contribution in [0.15, 0.2) is 54.4 Å². The average Bonchev–Trinajstić information content (AvgIpc) is 3.37. The third kappa shape index (κ3) is 6.69. The normalized spacial score (nSPS) is 16.1. The highest BCUT2D eigenvalue weighted by atomic mass is 35.5. The van der Waals surface area contributed by atoms with Gasteiger partial charge in [-0.1, -0.05) is 48.3 Å². The SMILES string of the molecule is CC1CC=C(NC(=O)NC(C)(C)C)C(c2c(Cl)cccc2Cl)=Cc2cnc(NC(C)c3ccc4nsnc4c3)nc21. The number of fused-ring (bicyclic) bond motifs is 2. The molecule has 2 amide bonds. The number of rotatable bonds is 5. The number of hydrogen-bond donors (Lipinski definition) is 3. The third-order valence-electron chi connectivity index (χ3n) is 6.67. The Labute approximate surface area is 253 Å². The van der Waals surface area contributed by atoms with Crippen LogP contribution >= 0.6 is 34.9 Å². The van der Waals surface area contributed by atoms with Crippen molar-refractivity contribution in [3.63, 3.8) is 0 Å². The van der Waals surface area contributed by atoms with Crippen molar-refractivity contribution in [3.8, 4) is 0 Å². The van der Waals surface area contributed by atoms with Gasteiger partial charge in [-0.15, -0.1) is 0 Å². The number of halogens is 2. The molecule has 2 heterocycles. The number of urea groups is 1. The number of allylic oxidation sites excluding steroid dienone is 2. The van der Waals surface area contributed by atoms with Crippen LogP contribution in [-0.2, 0) is 0 Å². The first-order chi connectivity index (χ1) is 19.5. The van der Waals surface area contributed by atoms with Crippen molar-refractivity contribution in [2.24, 2.45) is 0 Å². The predicted octanol–water partition coefficient (Wildman–Crippen LogP) is 7.99. The smallest absolute Gasteiger partial charge is 0.319 e. The molecule has 0 saturated carbocycles. The minimum atomic E-state index is -0.407. The minimum absolute atomic E-state index is 0.0447. The molecule has 2 unspecified atom stereocenters. The van der Waals surface area contributed by atoms with E-state index >= 15 is 0 Å². The van der Waals surface area contributed by atoms with Gasteiger partial charge in [0.15, 0.2) is 0 Å². The van der Waals surface area contributed by atoms with E-state index in [0.717, 1.165) is 27.9 Å². The summed E-state index contributed by atoms with van der Waals surface area (Å²) in [5.41, 5.74) is 6.04. The fourth-order valence-corrected chi connectivity index (χ4v) is 5.77. The minimum Gasteiger partial charge on any atom is -0.348 e. The Bertz CT molecular complexity index is 1650. The van der Waals surface area contributed by atoms with Crippen LogP contribution in [0.1, 0.15) is 75.4 Å². The number of amides is 2. The number of hydrogen-bond acceptors (Lipinski definition) is 7. The molecule has 212 valence electrons. The second kappa shape index (κ2) is 11.8. The van der Waals surface area contributed by atoms with Gasteiger partial charge in [0, 0.05) is 50.1 Å². The van der Waals surface area contributed by atoms with Gasteiger partial charge < -0.3 is 16.0 Å². The van der Waals surface area contributed by atoms with Crippen LogP contribution in [0.2, 0.25) is 10.0 Å². The van der Waals surface area contributed by atoms with Crippen LogP contribution in [0.3, 0.4) is 0 Å². The third-order valence-corrected chi connectivity index (χ3v) is 7.86. The van der Waals surface area contributed by atoms with Gasteiger partial charge in [0.05, 0.1) is 23.5 Å². The summed E-state index contributed by atoms with van der Waals surface area (Å²) in [6.45, 7) is 9.95. The molecule has 5 rings (SSSR count). The van der Waals surface area contributed by atoms with Crippen LogP contribution in [-0.4, -0.2) is 30.3 Å². The Morgan fingerprint density at radius 2 is 1.83 bits per heavy atom. The Balaban J connectivity index is 1.51. The summed E-state index contributed by atoms with van der Waals surface area (Å²) >= 11 is 14.5. The number of benzene rings is 2. The van der Waals surface area contributed by atoms with Crippen LogP contribution in [0, 0.1) is 0 Å². The van der Waals surface area contributed by atoms with Gasteiger partial charge in [0.25, 0.3) is 0 Å². The van der Waals surface area contributed by atoms with E-state index in [9.17, 15) is 4.79 Å². The van der Waals surface area contributed by atoms with Gasteiger partial charge >= 0.3 is 6.03 Å². The van der Waals surface area contributed by atoms with Gasteiger partial charge in [-0.2, -0.15) is 8.75 Å². The monoisotopic (exact) mass is 607 g/mol. The van der Waals surface area contributed by atoms with E-state index in [0.29, 0.717) is 39.2 Å². The summed E-state index contributed by atoms with van der Waals surface area (Å²) in [6.07, 6.45) is 6.36. The lowest BCUT2D eigenvalue weighted by atomic mass is 9.91. The maximum absolute atomic E-state index is 12.9. The molecule has 2 atom stereocenters. The zero-order chi connectivity index (χ0) is 29.3. The maximum Gasteiger partial charge on any atom is 0.319 e. The Hall–Kier alpha value is -3.53. The van der Waals surface area contributed by atoms with Crippen molar-refractivity contribution in [2.75, 3.05) is 5.32 Å². The number of nitrogens with one attached hydrogen (secondary N) is 3. The standard InChI is InChI=1S/C30H31Cl2N7OS/c1-16-9-11-23(35-29(40)37-30(3,4)5)20(26-21(31)7-6-8-22(26)32)13-19-15-33-28(36-27(16)19)34-17(2)18-10-12-24-25(14-18)39-41-38-24/h6-8,10-17H,9H2,1-5H3,(H,33,34,36)(H2,35,37,40). The molecular weight excluding hydrogens is 577 g/mol. The highest BCUT2D eigenvalue weighted by Gasteiger charge is 2.24. The zero-order valence-corrected chi connectivity index (χ0v) is 25.7. The van der Waals surface area contributed by atoms with Crippen molar-refractivity contribution in [2.45, 2.75) is 58.5 Å². The fourth-order valence-electron chi connectivity index (χ4n) is 4.65. The topological polar surface area (TPSA) is 105 Å². The van der Waals surface area contributed by atoms with Gasteiger partial charge in [0.1, 0.15) is 11.0 Å². The van der Waals surface area contributed by atoms with Crippen molar-refractivity contribution < 1.29 is 4.79 Å². The number of carbonyl (C=O) groups excluding carboxylic acids is 1. The molecule has 0 bridgehead atoms. The first-order valence-corrected chi connectivity index (χ1v) is 14.8. The number of nitrogens with zero attached hydrogens (tertiary/aromatic N) is 4. The van der Waals surface area contributed by atoms with Crippen molar-refractivity contribution in [3.05, 3.63) is 86.8 Å². The van der Waals surface area contributed by atoms with Crippen molar-refractivity contribution in [1.29, 1.82) is 0 Å². The first kappa shape index (κ1) is 29.0. The molecule has 4 aromatic rings. The molecule has 3 N–H and O–H groups in total. The average molecular weight is 609 g/mol. The quantitative estimate of drug-likeness (QED) is 0.212. The highest BCUT2D eigenvalue weighted by molar-refractivity contribution is 7.00. The molecule has 2 aromatic heterocycles. The zero-order valence-electron chi connectivity index (χ0n) is 23.4. The van der Waals surface area contributed by atoms with E-state index in [2.05, 4.69) is 43.5 Å². The lowest BCUT2D eigenvalue weighted by molar-refractivity contribution is 0.235. The van der Waals surface area contributed by atoms with E-state index < -0.39 is 5.54 Å². The molecule has 0 spiro atoms. The largest absolute Gasteiger partial charge is 0.348 e. The van der Waals surface area contributed by atoms with E-state index in [-0.39, 0.29) is 18.0 Å².